The average molecular weight is 296 g/mol. The molecular formula is C13H8N6O3. The third kappa shape index (κ3) is 2.07. The van der Waals surface area contributed by atoms with Crippen LogP contribution in [0.25, 0.3) is 22.2 Å². The van der Waals surface area contributed by atoms with Crippen LogP contribution in [0.4, 0.5) is 17.1 Å². The Balaban J connectivity index is 2.29. The van der Waals surface area contributed by atoms with Gasteiger partial charge < -0.3 is 9.88 Å². The summed E-state index contributed by atoms with van der Waals surface area (Å²) in [5, 5.41) is 17.1. The second-order valence-electron chi connectivity index (χ2n) is 4.43. The van der Waals surface area contributed by atoms with E-state index < -0.39 is 10.8 Å². The molecule has 0 saturated heterocycles. The first-order valence-corrected chi connectivity index (χ1v) is 6.14. The Kier molecular flexibility index (Phi) is 3.09. The fourth-order valence-corrected chi connectivity index (χ4v) is 2.26. The number of rotatable bonds is 3. The number of fused-ring (bicyclic) bond motifs is 1. The van der Waals surface area contributed by atoms with Crippen molar-refractivity contribution in [1.29, 1.82) is 0 Å². The number of amides is 1. The highest BCUT2D eigenvalue weighted by molar-refractivity contribution is 6.35. The summed E-state index contributed by atoms with van der Waals surface area (Å²) in [7, 11) is 0. The Morgan fingerprint density at radius 3 is 2.73 bits per heavy atom. The molecule has 0 bridgehead atoms. The van der Waals surface area contributed by atoms with Gasteiger partial charge in [0.1, 0.15) is 5.69 Å². The molecule has 1 aliphatic rings. The van der Waals surface area contributed by atoms with Crippen molar-refractivity contribution in [3.63, 3.8) is 0 Å². The molecular weight excluding hydrogens is 288 g/mol. The van der Waals surface area contributed by atoms with E-state index in [1.807, 2.05) is 0 Å². The SMILES string of the molecule is [N-]=[N+]=Nc1c([N+](=O)[O-])ccc2c1C(=Cn1cccc1)C(=O)N2. The second kappa shape index (κ2) is 5.08. The molecule has 1 aromatic carbocycles. The number of aromatic nitrogens is 1. The summed E-state index contributed by atoms with van der Waals surface area (Å²) < 4.78 is 1.63. The van der Waals surface area contributed by atoms with Crippen LogP contribution in [0.1, 0.15) is 5.56 Å². The molecule has 108 valence electrons. The lowest BCUT2D eigenvalue weighted by Gasteiger charge is -2.04. The first-order chi connectivity index (χ1) is 10.6. The topological polar surface area (TPSA) is 126 Å². The van der Waals surface area contributed by atoms with Crippen LogP contribution >= 0.6 is 0 Å². The van der Waals surface area contributed by atoms with Crippen LogP contribution in [0, 0.1) is 10.1 Å². The molecule has 0 atom stereocenters. The van der Waals surface area contributed by atoms with Crippen molar-refractivity contribution in [1.82, 2.24) is 4.57 Å². The highest BCUT2D eigenvalue weighted by Gasteiger charge is 2.31. The maximum Gasteiger partial charge on any atom is 0.279 e. The van der Waals surface area contributed by atoms with E-state index in [0.717, 1.165) is 0 Å². The van der Waals surface area contributed by atoms with Crippen molar-refractivity contribution in [2.45, 2.75) is 0 Å². The molecule has 0 fully saturated rings. The molecule has 1 amide bonds. The van der Waals surface area contributed by atoms with Gasteiger partial charge in [0.05, 0.1) is 16.2 Å². The average Bonchev–Trinajstić information content (AvgIpc) is 3.08. The van der Waals surface area contributed by atoms with E-state index in [-0.39, 0.29) is 22.5 Å². The molecule has 9 nitrogen and oxygen atoms in total. The fourth-order valence-electron chi connectivity index (χ4n) is 2.26. The molecule has 1 N–H and O–H groups in total. The molecule has 2 heterocycles. The predicted molar refractivity (Wildman–Crippen MR) is 79.1 cm³/mol. The number of nitrogens with zero attached hydrogens (tertiary/aromatic N) is 5. The minimum Gasteiger partial charge on any atom is -0.330 e. The molecule has 1 aliphatic heterocycles. The number of carbonyl (C=O) groups excluding carboxylic acids is 1. The van der Waals surface area contributed by atoms with Crippen molar-refractivity contribution in [2.75, 3.05) is 5.32 Å². The van der Waals surface area contributed by atoms with Crippen molar-refractivity contribution in [3.05, 3.63) is 62.8 Å². The first kappa shape index (κ1) is 13.4. The Labute approximate surface area is 123 Å². The number of nitro groups is 1. The Hall–Kier alpha value is -3.58. The number of carbonyl (C=O) groups is 1. The highest BCUT2D eigenvalue weighted by atomic mass is 16.6. The maximum atomic E-state index is 12.1. The Morgan fingerprint density at radius 2 is 2.09 bits per heavy atom. The summed E-state index contributed by atoms with van der Waals surface area (Å²) in [6.07, 6.45) is 4.94. The standard InChI is InChI=1S/C13H8N6O3/c14-17-16-12-10(19(21)22)4-3-9-11(12)8(13(20)15-9)7-18-5-1-2-6-18/h1-7H,(H,15,20). The predicted octanol–water partition coefficient (Wildman–Crippen LogP) is 3.29. The van der Waals surface area contributed by atoms with Crippen LogP contribution in [0.15, 0.2) is 41.8 Å². The van der Waals surface area contributed by atoms with Gasteiger partial charge >= 0.3 is 0 Å². The van der Waals surface area contributed by atoms with Gasteiger partial charge in [0.2, 0.25) is 0 Å². The molecule has 9 heteroatoms. The molecule has 1 aromatic heterocycles. The molecule has 0 aliphatic carbocycles. The summed E-state index contributed by atoms with van der Waals surface area (Å²) in [6, 6.07) is 6.15. The van der Waals surface area contributed by atoms with E-state index >= 15 is 0 Å². The number of anilines is 1. The smallest absolute Gasteiger partial charge is 0.279 e. The fraction of sp³-hybridized carbons (Fsp3) is 0. The monoisotopic (exact) mass is 296 g/mol. The van der Waals surface area contributed by atoms with Crippen LogP contribution in [-0.2, 0) is 4.79 Å². The zero-order valence-corrected chi connectivity index (χ0v) is 11.0. The van der Waals surface area contributed by atoms with Crippen LogP contribution in [-0.4, -0.2) is 15.4 Å². The maximum absolute atomic E-state index is 12.1. The Bertz CT molecular complexity index is 862. The normalized spacial score (nSPS) is 14.4. The molecule has 2 aromatic rings. The van der Waals surface area contributed by atoms with Gasteiger partial charge in [0.15, 0.2) is 0 Å². The third-order valence-corrected chi connectivity index (χ3v) is 3.17. The highest BCUT2D eigenvalue weighted by Crippen LogP contribution is 2.44. The summed E-state index contributed by atoms with van der Waals surface area (Å²) in [5.41, 5.74) is 8.93. The zero-order valence-electron chi connectivity index (χ0n) is 11.0. The van der Waals surface area contributed by atoms with Gasteiger partial charge in [-0.05, 0) is 23.7 Å². The summed E-state index contributed by atoms with van der Waals surface area (Å²) in [5.74, 6) is -0.418. The van der Waals surface area contributed by atoms with Gasteiger partial charge in [-0.1, -0.05) is 5.11 Å². The number of hydrogen-bond acceptors (Lipinski definition) is 4. The van der Waals surface area contributed by atoms with Crippen LogP contribution < -0.4 is 5.32 Å². The summed E-state index contributed by atoms with van der Waals surface area (Å²) in [6.45, 7) is 0. The minimum atomic E-state index is -0.652. The molecule has 22 heavy (non-hydrogen) atoms. The van der Waals surface area contributed by atoms with Crippen LogP contribution in [0.3, 0.4) is 0 Å². The van der Waals surface area contributed by atoms with Gasteiger partial charge in [-0.3, -0.25) is 14.9 Å². The van der Waals surface area contributed by atoms with Crippen molar-refractivity contribution >= 4 is 34.7 Å². The summed E-state index contributed by atoms with van der Waals surface area (Å²) in [4.78, 5) is 25.2. The van der Waals surface area contributed by atoms with E-state index in [1.165, 1.54) is 18.3 Å². The van der Waals surface area contributed by atoms with Crippen LogP contribution in [0.5, 0.6) is 0 Å². The molecule has 0 saturated carbocycles. The van der Waals surface area contributed by atoms with E-state index in [2.05, 4.69) is 15.3 Å². The summed E-state index contributed by atoms with van der Waals surface area (Å²) >= 11 is 0. The van der Waals surface area contributed by atoms with Crippen molar-refractivity contribution < 1.29 is 9.72 Å². The lowest BCUT2D eigenvalue weighted by Crippen LogP contribution is -2.04. The number of benzene rings is 1. The van der Waals surface area contributed by atoms with Crippen LogP contribution in [0.2, 0.25) is 0 Å². The van der Waals surface area contributed by atoms with E-state index in [0.29, 0.717) is 5.69 Å². The lowest BCUT2D eigenvalue weighted by molar-refractivity contribution is -0.384. The third-order valence-electron chi connectivity index (χ3n) is 3.17. The molecule has 0 radical (unpaired) electrons. The van der Waals surface area contributed by atoms with E-state index in [9.17, 15) is 14.9 Å². The number of nitro benzene ring substituents is 1. The molecule has 3 rings (SSSR count). The zero-order chi connectivity index (χ0) is 15.7. The van der Waals surface area contributed by atoms with Gasteiger partial charge in [-0.25, -0.2) is 0 Å². The molecule has 0 spiro atoms. The quantitative estimate of drug-likeness (QED) is 0.233. The molecule has 0 unspecified atom stereocenters. The van der Waals surface area contributed by atoms with Gasteiger partial charge in [-0.2, -0.15) is 0 Å². The first-order valence-electron chi connectivity index (χ1n) is 6.14. The van der Waals surface area contributed by atoms with E-state index in [4.69, 9.17) is 5.53 Å². The number of azide groups is 1. The van der Waals surface area contributed by atoms with Gasteiger partial charge in [-0.15, -0.1) is 0 Å². The van der Waals surface area contributed by atoms with Crippen molar-refractivity contribution in [2.24, 2.45) is 5.11 Å². The second-order valence-corrected chi connectivity index (χ2v) is 4.43. The van der Waals surface area contributed by atoms with Gasteiger partial charge in [0.25, 0.3) is 11.6 Å². The minimum absolute atomic E-state index is 0.179. The Morgan fingerprint density at radius 1 is 1.36 bits per heavy atom. The largest absolute Gasteiger partial charge is 0.330 e. The van der Waals surface area contributed by atoms with Gasteiger partial charge in [0, 0.05) is 35.1 Å². The van der Waals surface area contributed by atoms with Crippen molar-refractivity contribution in [3.8, 4) is 0 Å². The number of nitrogens with one attached hydrogen (secondary N) is 1. The number of hydrogen-bond donors (Lipinski definition) is 1. The lowest BCUT2D eigenvalue weighted by atomic mass is 10.0. The van der Waals surface area contributed by atoms with E-state index in [1.54, 1.807) is 29.1 Å².